The molecule has 0 spiro atoms. The molecule has 2 N–H and O–H groups in total. The zero-order chi connectivity index (χ0) is 7.68. The van der Waals surface area contributed by atoms with E-state index in [1.165, 1.54) is 12.8 Å². The molecular weight excluding hydrogens is 142 g/mol. The summed E-state index contributed by atoms with van der Waals surface area (Å²) in [5.41, 5.74) is 5.60. The van der Waals surface area contributed by atoms with Gasteiger partial charge in [0.25, 0.3) is 0 Å². The molecule has 11 heavy (non-hydrogen) atoms. The summed E-state index contributed by atoms with van der Waals surface area (Å²) in [6.07, 6.45) is 4.80. The highest BCUT2D eigenvalue weighted by atomic mass is 16.7. The molecule has 1 heterocycles. The molecule has 0 bridgehead atoms. The van der Waals surface area contributed by atoms with Crippen LogP contribution in [0.1, 0.15) is 25.7 Å². The van der Waals surface area contributed by atoms with Gasteiger partial charge in [0.05, 0.1) is 6.10 Å². The second kappa shape index (κ2) is 3.09. The summed E-state index contributed by atoms with van der Waals surface area (Å²) in [4.78, 5) is 0. The second-order valence-electron chi connectivity index (χ2n) is 3.37. The molecule has 1 aliphatic heterocycles. The monoisotopic (exact) mass is 157 g/mol. The molecule has 0 unspecified atom stereocenters. The van der Waals surface area contributed by atoms with E-state index in [1.54, 1.807) is 0 Å². The van der Waals surface area contributed by atoms with Crippen molar-refractivity contribution in [2.75, 3.05) is 6.61 Å². The molecule has 0 radical (unpaired) electrons. The maximum atomic E-state index is 5.60. The van der Waals surface area contributed by atoms with Gasteiger partial charge in [-0.3, -0.25) is 0 Å². The molecule has 1 saturated carbocycles. The number of rotatable bonds is 2. The maximum absolute atomic E-state index is 5.60. The summed E-state index contributed by atoms with van der Waals surface area (Å²) < 4.78 is 11.0. The van der Waals surface area contributed by atoms with Gasteiger partial charge >= 0.3 is 0 Å². The minimum Gasteiger partial charge on any atom is -0.353 e. The van der Waals surface area contributed by atoms with Gasteiger partial charge in [0.2, 0.25) is 0 Å². The van der Waals surface area contributed by atoms with Crippen LogP contribution in [0.3, 0.4) is 0 Å². The highest BCUT2D eigenvalue weighted by Gasteiger charge is 2.37. The lowest BCUT2D eigenvalue weighted by Gasteiger charge is -2.22. The Kier molecular flexibility index (Phi) is 2.11. The molecule has 1 saturated heterocycles. The topological polar surface area (TPSA) is 44.5 Å². The van der Waals surface area contributed by atoms with E-state index in [2.05, 4.69) is 0 Å². The van der Waals surface area contributed by atoms with E-state index in [4.69, 9.17) is 15.2 Å². The fraction of sp³-hybridized carbons (Fsp3) is 1.00. The molecule has 0 aromatic carbocycles. The summed E-state index contributed by atoms with van der Waals surface area (Å²) in [6.45, 7) is 0.854. The standard InChI is InChI=1S/C8H15NO2/c9-6-5-7(6)11-8-3-1-2-4-10-8/h6-8H,1-5,9H2/t6-,7-,8+/m0/s1. The van der Waals surface area contributed by atoms with Crippen LogP contribution in [0.4, 0.5) is 0 Å². The number of hydrogen-bond acceptors (Lipinski definition) is 3. The first-order valence-electron chi connectivity index (χ1n) is 4.39. The molecule has 0 aromatic heterocycles. The van der Waals surface area contributed by atoms with Gasteiger partial charge < -0.3 is 15.2 Å². The first-order chi connectivity index (χ1) is 5.36. The van der Waals surface area contributed by atoms with E-state index in [0.29, 0.717) is 0 Å². The molecule has 2 fully saturated rings. The Bertz CT molecular complexity index is 134. The molecule has 3 nitrogen and oxygen atoms in total. The third-order valence-corrected chi connectivity index (χ3v) is 2.24. The Morgan fingerprint density at radius 3 is 2.73 bits per heavy atom. The van der Waals surface area contributed by atoms with Crippen molar-refractivity contribution in [3.8, 4) is 0 Å². The van der Waals surface area contributed by atoms with Gasteiger partial charge in [-0.15, -0.1) is 0 Å². The molecule has 3 atom stereocenters. The predicted molar refractivity (Wildman–Crippen MR) is 41.1 cm³/mol. The average Bonchev–Trinajstić information content (AvgIpc) is 2.69. The molecular formula is C8H15NO2. The molecule has 0 amide bonds. The lowest BCUT2D eigenvalue weighted by atomic mass is 10.2. The Balaban J connectivity index is 1.68. The lowest BCUT2D eigenvalue weighted by molar-refractivity contribution is -0.169. The molecule has 3 heteroatoms. The molecule has 0 aromatic rings. The normalized spacial score (nSPS) is 43.9. The second-order valence-corrected chi connectivity index (χ2v) is 3.37. The zero-order valence-corrected chi connectivity index (χ0v) is 6.66. The van der Waals surface area contributed by atoms with Crippen LogP contribution < -0.4 is 5.73 Å². The van der Waals surface area contributed by atoms with Crippen LogP contribution in [0.2, 0.25) is 0 Å². The Morgan fingerprint density at radius 2 is 2.18 bits per heavy atom. The third-order valence-electron chi connectivity index (χ3n) is 2.24. The van der Waals surface area contributed by atoms with E-state index >= 15 is 0 Å². The lowest BCUT2D eigenvalue weighted by Crippen LogP contribution is -2.25. The van der Waals surface area contributed by atoms with E-state index in [0.717, 1.165) is 19.4 Å². The van der Waals surface area contributed by atoms with Gasteiger partial charge in [0.1, 0.15) is 0 Å². The number of ether oxygens (including phenoxy) is 2. The van der Waals surface area contributed by atoms with Crippen LogP contribution in [-0.2, 0) is 9.47 Å². The van der Waals surface area contributed by atoms with Crippen molar-refractivity contribution in [2.45, 2.75) is 44.1 Å². The quantitative estimate of drug-likeness (QED) is 0.639. The Hall–Kier alpha value is -0.120. The van der Waals surface area contributed by atoms with E-state index in [9.17, 15) is 0 Å². The summed E-state index contributed by atoms with van der Waals surface area (Å²) in [6, 6.07) is 0.278. The van der Waals surface area contributed by atoms with Crippen molar-refractivity contribution in [3.63, 3.8) is 0 Å². The van der Waals surface area contributed by atoms with E-state index in [-0.39, 0.29) is 18.4 Å². The summed E-state index contributed by atoms with van der Waals surface area (Å²) in [7, 11) is 0. The van der Waals surface area contributed by atoms with Gasteiger partial charge in [-0.1, -0.05) is 0 Å². The van der Waals surface area contributed by atoms with Crippen molar-refractivity contribution >= 4 is 0 Å². The minimum atomic E-state index is 0.0438. The first kappa shape index (κ1) is 7.53. The number of nitrogens with two attached hydrogens (primary N) is 1. The fourth-order valence-corrected chi connectivity index (χ4v) is 1.36. The zero-order valence-electron chi connectivity index (χ0n) is 6.66. The summed E-state index contributed by atoms with van der Waals surface area (Å²) in [5.74, 6) is 0. The maximum Gasteiger partial charge on any atom is 0.158 e. The van der Waals surface area contributed by atoms with Crippen molar-refractivity contribution in [2.24, 2.45) is 5.73 Å². The molecule has 1 aliphatic carbocycles. The van der Waals surface area contributed by atoms with Crippen molar-refractivity contribution in [1.29, 1.82) is 0 Å². The Labute approximate surface area is 66.8 Å². The smallest absolute Gasteiger partial charge is 0.158 e. The van der Waals surface area contributed by atoms with Crippen LogP contribution >= 0.6 is 0 Å². The van der Waals surface area contributed by atoms with E-state index < -0.39 is 0 Å². The van der Waals surface area contributed by atoms with Crippen molar-refractivity contribution < 1.29 is 9.47 Å². The highest BCUT2D eigenvalue weighted by Crippen LogP contribution is 2.27. The summed E-state index contributed by atoms with van der Waals surface area (Å²) >= 11 is 0. The van der Waals surface area contributed by atoms with Crippen LogP contribution in [0, 0.1) is 0 Å². The third kappa shape index (κ3) is 1.92. The first-order valence-corrected chi connectivity index (χ1v) is 4.39. The number of hydrogen-bond donors (Lipinski definition) is 1. The largest absolute Gasteiger partial charge is 0.353 e. The minimum absolute atomic E-state index is 0.0438. The van der Waals surface area contributed by atoms with Gasteiger partial charge in [0.15, 0.2) is 6.29 Å². The van der Waals surface area contributed by atoms with Crippen LogP contribution in [0.5, 0.6) is 0 Å². The van der Waals surface area contributed by atoms with Crippen molar-refractivity contribution in [1.82, 2.24) is 0 Å². The highest BCUT2D eigenvalue weighted by molar-refractivity contribution is 4.92. The van der Waals surface area contributed by atoms with Gasteiger partial charge in [-0.25, -0.2) is 0 Å². The molecule has 64 valence electrons. The Morgan fingerprint density at radius 1 is 1.36 bits per heavy atom. The predicted octanol–water partition coefficient (Wildman–Crippen LogP) is 0.629. The SMILES string of the molecule is N[C@H]1C[C@@H]1O[C@@H]1CCCCO1. The fourth-order valence-electron chi connectivity index (χ4n) is 1.36. The van der Waals surface area contributed by atoms with Gasteiger partial charge in [-0.05, 0) is 25.7 Å². The summed E-state index contributed by atoms with van der Waals surface area (Å²) in [5, 5.41) is 0. The van der Waals surface area contributed by atoms with Gasteiger partial charge in [-0.2, -0.15) is 0 Å². The van der Waals surface area contributed by atoms with Crippen molar-refractivity contribution in [3.05, 3.63) is 0 Å². The molecule has 2 rings (SSSR count). The van der Waals surface area contributed by atoms with Crippen LogP contribution in [0.25, 0.3) is 0 Å². The van der Waals surface area contributed by atoms with Crippen LogP contribution in [0.15, 0.2) is 0 Å². The average molecular weight is 157 g/mol. The van der Waals surface area contributed by atoms with Gasteiger partial charge in [0, 0.05) is 12.6 Å². The molecule has 2 aliphatic rings. The van der Waals surface area contributed by atoms with Crippen LogP contribution in [-0.4, -0.2) is 25.0 Å². The van der Waals surface area contributed by atoms with E-state index in [1.807, 2.05) is 0 Å².